The summed E-state index contributed by atoms with van der Waals surface area (Å²) in [5.41, 5.74) is 2.25. The van der Waals surface area contributed by atoms with E-state index in [2.05, 4.69) is 29.6 Å². The standard InChI is InChI=1S/C17H18FNS/c18-16-7-3-1-5-13(16)9-10-19-11-14-12-20-17-8-4-2-6-15(14)17/h1-8,14,19H,9-12H2. The number of fused-ring (bicyclic) bond motifs is 1. The molecule has 0 bridgehead atoms. The van der Waals surface area contributed by atoms with Crippen LogP contribution < -0.4 is 5.32 Å². The summed E-state index contributed by atoms with van der Waals surface area (Å²) in [5.74, 6) is 1.62. The summed E-state index contributed by atoms with van der Waals surface area (Å²) >= 11 is 1.93. The molecule has 0 aromatic heterocycles. The number of nitrogens with one attached hydrogen (secondary N) is 1. The normalized spacial score (nSPS) is 17.1. The van der Waals surface area contributed by atoms with Crippen molar-refractivity contribution in [2.24, 2.45) is 0 Å². The van der Waals surface area contributed by atoms with Gasteiger partial charge in [0, 0.05) is 23.1 Å². The van der Waals surface area contributed by atoms with Crippen LogP contribution in [-0.4, -0.2) is 18.8 Å². The molecule has 1 unspecified atom stereocenters. The first-order chi connectivity index (χ1) is 9.84. The van der Waals surface area contributed by atoms with Crippen LogP contribution in [0, 0.1) is 5.82 Å². The number of benzene rings is 2. The molecule has 0 radical (unpaired) electrons. The molecule has 0 saturated carbocycles. The van der Waals surface area contributed by atoms with E-state index in [1.54, 1.807) is 6.07 Å². The highest BCUT2D eigenvalue weighted by Crippen LogP contribution is 2.38. The lowest BCUT2D eigenvalue weighted by molar-refractivity contribution is 0.586. The van der Waals surface area contributed by atoms with Crippen molar-refractivity contribution in [2.75, 3.05) is 18.8 Å². The molecule has 0 aliphatic carbocycles. The van der Waals surface area contributed by atoms with Crippen molar-refractivity contribution < 1.29 is 4.39 Å². The van der Waals surface area contributed by atoms with Crippen LogP contribution >= 0.6 is 11.8 Å². The van der Waals surface area contributed by atoms with Crippen LogP contribution in [0.2, 0.25) is 0 Å². The maximum absolute atomic E-state index is 13.5. The van der Waals surface area contributed by atoms with Gasteiger partial charge >= 0.3 is 0 Å². The highest BCUT2D eigenvalue weighted by Gasteiger charge is 2.21. The predicted molar refractivity (Wildman–Crippen MR) is 82.9 cm³/mol. The maximum atomic E-state index is 13.5. The van der Waals surface area contributed by atoms with Crippen molar-refractivity contribution >= 4 is 11.8 Å². The number of halogens is 1. The third kappa shape index (κ3) is 3.05. The van der Waals surface area contributed by atoms with Gasteiger partial charge in [-0.05, 0) is 36.2 Å². The molecular formula is C17H18FNS. The fourth-order valence-electron chi connectivity index (χ4n) is 2.60. The molecule has 2 aromatic rings. The van der Waals surface area contributed by atoms with Crippen LogP contribution in [0.5, 0.6) is 0 Å². The van der Waals surface area contributed by atoms with Crippen LogP contribution in [0.4, 0.5) is 4.39 Å². The molecule has 0 saturated heterocycles. The van der Waals surface area contributed by atoms with Gasteiger partial charge in [-0.3, -0.25) is 0 Å². The predicted octanol–water partition coefficient (Wildman–Crippen LogP) is 3.85. The van der Waals surface area contributed by atoms with Crippen LogP contribution in [0.1, 0.15) is 17.0 Å². The average molecular weight is 287 g/mol. The van der Waals surface area contributed by atoms with E-state index < -0.39 is 0 Å². The highest BCUT2D eigenvalue weighted by molar-refractivity contribution is 7.99. The van der Waals surface area contributed by atoms with E-state index in [1.165, 1.54) is 16.5 Å². The summed E-state index contributed by atoms with van der Waals surface area (Å²) in [6.45, 7) is 1.79. The van der Waals surface area contributed by atoms with E-state index in [9.17, 15) is 4.39 Å². The Morgan fingerprint density at radius 1 is 1.10 bits per heavy atom. The van der Waals surface area contributed by atoms with Gasteiger partial charge < -0.3 is 5.32 Å². The Bertz CT molecular complexity index is 585. The molecule has 1 aliphatic heterocycles. The molecule has 20 heavy (non-hydrogen) atoms. The number of rotatable bonds is 5. The first kappa shape index (κ1) is 13.7. The topological polar surface area (TPSA) is 12.0 Å². The zero-order chi connectivity index (χ0) is 13.8. The molecule has 1 aliphatic rings. The van der Waals surface area contributed by atoms with Gasteiger partial charge in [0.05, 0.1) is 0 Å². The van der Waals surface area contributed by atoms with Crippen LogP contribution in [0.25, 0.3) is 0 Å². The Labute approximate surface area is 123 Å². The fraction of sp³-hybridized carbons (Fsp3) is 0.294. The van der Waals surface area contributed by atoms with Gasteiger partial charge in [0.2, 0.25) is 0 Å². The second-order valence-electron chi connectivity index (χ2n) is 5.09. The van der Waals surface area contributed by atoms with E-state index in [0.717, 1.165) is 30.8 Å². The molecule has 2 aromatic carbocycles. The van der Waals surface area contributed by atoms with E-state index in [4.69, 9.17) is 0 Å². The van der Waals surface area contributed by atoms with Gasteiger partial charge in [-0.1, -0.05) is 36.4 Å². The van der Waals surface area contributed by atoms with E-state index in [0.29, 0.717) is 5.92 Å². The smallest absolute Gasteiger partial charge is 0.126 e. The van der Waals surface area contributed by atoms with Gasteiger partial charge in [0.25, 0.3) is 0 Å². The Morgan fingerprint density at radius 3 is 2.80 bits per heavy atom. The van der Waals surface area contributed by atoms with Crippen molar-refractivity contribution in [2.45, 2.75) is 17.2 Å². The summed E-state index contributed by atoms with van der Waals surface area (Å²) in [5, 5.41) is 3.46. The largest absolute Gasteiger partial charge is 0.316 e. The van der Waals surface area contributed by atoms with Gasteiger partial charge in [-0.25, -0.2) is 4.39 Å². The minimum Gasteiger partial charge on any atom is -0.316 e. The maximum Gasteiger partial charge on any atom is 0.126 e. The number of hydrogen-bond donors (Lipinski definition) is 1. The molecule has 3 heteroatoms. The quantitative estimate of drug-likeness (QED) is 0.838. The molecule has 104 valence electrons. The zero-order valence-electron chi connectivity index (χ0n) is 11.3. The summed E-state index contributed by atoms with van der Waals surface area (Å²) < 4.78 is 13.5. The molecule has 1 nitrogen and oxygen atoms in total. The Balaban J connectivity index is 1.49. The fourth-order valence-corrected chi connectivity index (χ4v) is 3.85. The lowest BCUT2D eigenvalue weighted by atomic mass is 10.0. The van der Waals surface area contributed by atoms with Gasteiger partial charge in [0.1, 0.15) is 5.82 Å². The summed E-state index contributed by atoms with van der Waals surface area (Å²) in [7, 11) is 0. The lowest BCUT2D eigenvalue weighted by Crippen LogP contribution is -2.24. The first-order valence-electron chi connectivity index (χ1n) is 7.00. The van der Waals surface area contributed by atoms with Crippen molar-refractivity contribution in [3.05, 3.63) is 65.5 Å². The Hall–Kier alpha value is -1.32. The third-order valence-corrected chi connectivity index (χ3v) is 4.97. The number of hydrogen-bond acceptors (Lipinski definition) is 2. The lowest BCUT2D eigenvalue weighted by Gasteiger charge is -2.12. The molecule has 0 amide bonds. The van der Waals surface area contributed by atoms with E-state index in [1.807, 2.05) is 23.9 Å². The van der Waals surface area contributed by atoms with Crippen molar-refractivity contribution in [3.63, 3.8) is 0 Å². The second-order valence-corrected chi connectivity index (χ2v) is 6.15. The monoisotopic (exact) mass is 287 g/mol. The highest BCUT2D eigenvalue weighted by atomic mass is 32.2. The molecule has 0 spiro atoms. The first-order valence-corrected chi connectivity index (χ1v) is 7.99. The minimum absolute atomic E-state index is 0.101. The van der Waals surface area contributed by atoms with Crippen molar-refractivity contribution in [1.82, 2.24) is 5.32 Å². The summed E-state index contributed by atoms with van der Waals surface area (Å²) in [4.78, 5) is 1.41. The molecule has 1 N–H and O–H groups in total. The van der Waals surface area contributed by atoms with E-state index in [-0.39, 0.29) is 5.82 Å². The van der Waals surface area contributed by atoms with Gasteiger partial charge in [-0.2, -0.15) is 0 Å². The minimum atomic E-state index is -0.101. The van der Waals surface area contributed by atoms with Gasteiger partial charge in [-0.15, -0.1) is 11.8 Å². The van der Waals surface area contributed by atoms with Gasteiger partial charge in [0.15, 0.2) is 0 Å². The second kappa shape index (κ2) is 6.42. The van der Waals surface area contributed by atoms with Crippen LogP contribution in [0.15, 0.2) is 53.4 Å². The molecule has 1 atom stereocenters. The molecular weight excluding hydrogens is 269 g/mol. The summed E-state index contributed by atoms with van der Waals surface area (Å²) in [6, 6.07) is 15.6. The molecule has 3 rings (SSSR count). The Morgan fingerprint density at radius 2 is 1.90 bits per heavy atom. The van der Waals surface area contributed by atoms with Crippen molar-refractivity contribution in [1.29, 1.82) is 0 Å². The van der Waals surface area contributed by atoms with Crippen LogP contribution in [-0.2, 0) is 6.42 Å². The molecule has 1 heterocycles. The summed E-state index contributed by atoms with van der Waals surface area (Å²) in [6.07, 6.45) is 0.744. The van der Waals surface area contributed by atoms with Crippen molar-refractivity contribution in [3.8, 4) is 0 Å². The Kier molecular flexibility index (Phi) is 4.38. The average Bonchev–Trinajstić information content (AvgIpc) is 2.89. The van der Waals surface area contributed by atoms with Crippen LogP contribution in [0.3, 0.4) is 0 Å². The number of thioether (sulfide) groups is 1. The van der Waals surface area contributed by atoms with E-state index >= 15 is 0 Å². The third-order valence-electron chi connectivity index (χ3n) is 3.72. The zero-order valence-corrected chi connectivity index (χ0v) is 12.1. The molecule has 0 fully saturated rings. The SMILES string of the molecule is Fc1ccccc1CCNCC1CSc2ccccc21.